The Balaban J connectivity index is 1.41. The third kappa shape index (κ3) is 4.31. The first-order valence-corrected chi connectivity index (χ1v) is 11.2. The molecule has 2 N–H and O–H groups in total. The van der Waals surface area contributed by atoms with Crippen LogP contribution in [0.1, 0.15) is 37.8 Å². The number of hydrogen-bond acceptors (Lipinski definition) is 6. The van der Waals surface area contributed by atoms with E-state index in [0.29, 0.717) is 5.95 Å². The number of benzene rings is 1. The number of anilines is 1. The third-order valence-electron chi connectivity index (χ3n) is 6.39. The molecule has 2 saturated heterocycles. The van der Waals surface area contributed by atoms with Crippen molar-refractivity contribution >= 4 is 22.8 Å². The van der Waals surface area contributed by atoms with Crippen molar-refractivity contribution in [3.63, 3.8) is 0 Å². The molecular weight excluding hydrogens is 390 g/mol. The van der Waals surface area contributed by atoms with Gasteiger partial charge in [0, 0.05) is 30.7 Å². The van der Waals surface area contributed by atoms with Crippen LogP contribution in [0.4, 0.5) is 5.95 Å². The lowest BCUT2D eigenvalue weighted by Gasteiger charge is -2.26. The van der Waals surface area contributed by atoms with Crippen LogP contribution < -0.4 is 10.6 Å². The van der Waals surface area contributed by atoms with Gasteiger partial charge in [0.1, 0.15) is 0 Å². The SMILES string of the molecule is Cn1ncc(-c2ccc3cnc(NC(=O)[C@H]4CCCN4)nc3c2)c1CN1CCCCC1. The highest BCUT2D eigenvalue weighted by Crippen LogP contribution is 2.28. The van der Waals surface area contributed by atoms with E-state index in [1.54, 1.807) is 6.20 Å². The maximum atomic E-state index is 12.4. The van der Waals surface area contributed by atoms with E-state index in [9.17, 15) is 4.79 Å². The molecule has 0 bridgehead atoms. The van der Waals surface area contributed by atoms with Gasteiger partial charge in [0.05, 0.1) is 23.4 Å². The minimum Gasteiger partial charge on any atom is -0.306 e. The number of fused-ring (bicyclic) bond motifs is 1. The lowest BCUT2D eigenvalue weighted by Crippen LogP contribution is -2.35. The molecule has 2 aliphatic heterocycles. The molecule has 1 amide bonds. The van der Waals surface area contributed by atoms with E-state index in [2.05, 4.69) is 42.7 Å². The van der Waals surface area contributed by atoms with Gasteiger partial charge < -0.3 is 5.32 Å². The van der Waals surface area contributed by atoms with Crippen LogP contribution in [-0.4, -0.2) is 56.2 Å². The lowest BCUT2D eigenvalue weighted by atomic mass is 10.0. The van der Waals surface area contributed by atoms with Crippen molar-refractivity contribution in [2.24, 2.45) is 7.05 Å². The van der Waals surface area contributed by atoms with Crippen LogP contribution in [-0.2, 0) is 18.4 Å². The van der Waals surface area contributed by atoms with Crippen molar-refractivity contribution in [3.8, 4) is 11.1 Å². The Morgan fingerprint density at radius 2 is 2.06 bits per heavy atom. The minimum atomic E-state index is -0.154. The summed E-state index contributed by atoms with van der Waals surface area (Å²) in [6.07, 6.45) is 9.44. The van der Waals surface area contributed by atoms with Crippen molar-refractivity contribution in [1.29, 1.82) is 0 Å². The summed E-state index contributed by atoms with van der Waals surface area (Å²) in [7, 11) is 2.01. The number of carbonyl (C=O) groups excluding carboxylic acids is 1. The zero-order valence-electron chi connectivity index (χ0n) is 18.0. The Morgan fingerprint density at radius 1 is 1.19 bits per heavy atom. The molecule has 2 aromatic heterocycles. The van der Waals surface area contributed by atoms with E-state index >= 15 is 0 Å². The number of aryl methyl sites for hydroxylation is 1. The number of aromatic nitrogens is 4. The van der Waals surface area contributed by atoms with E-state index < -0.39 is 0 Å². The van der Waals surface area contributed by atoms with Crippen LogP contribution in [0, 0.1) is 0 Å². The van der Waals surface area contributed by atoms with Crippen LogP contribution in [0.15, 0.2) is 30.6 Å². The average molecular weight is 420 g/mol. The highest BCUT2D eigenvalue weighted by atomic mass is 16.2. The summed E-state index contributed by atoms with van der Waals surface area (Å²) in [6, 6.07) is 6.05. The van der Waals surface area contributed by atoms with Gasteiger partial charge in [-0.15, -0.1) is 0 Å². The first kappa shape index (κ1) is 20.1. The molecule has 162 valence electrons. The number of likely N-dealkylation sites (tertiary alicyclic amines) is 1. The number of nitrogens with one attached hydrogen (secondary N) is 2. The molecule has 5 rings (SSSR count). The van der Waals surface area contributed by atoms with E-state index in [-0.39, 0.29) is 11.9 Å². The number of carbonyl (C=O) groups is 1. The predicted octanol–water partition coefficient (Wildman–Crippen LogP) is 2.71. The van der Waals surface area contributed by atoms with Crippen molar-refractivity contribution in [2.75, 3.05) is 25.0 Å². The van der Waals surface area contributed by atoms with Crippen molar-refractivity contribution < 1.29 is 4.79 Å². The number of nitrogens with zero attached hydrogens (tertiary/aromatic N) is 5. The van der Waals surface area contributed by atoms with Crippen LogP contribution >= 0.6 is 0 Å². The molecule has 0 unspecified atom stereocenters. The topological polar surface area (TPSA) is 88.0 Å². The smallest absolute Gasteiger partial charge is 0.243 e. The molecule has 0 aliphatic carbocycles. The number of hydrogen-bond donors (Lipinski definition) is 2. The Kier molecular flexibility index (Phi) is 5.65. The number of piperidine rings is 1. The first-order chi connectivity index (χ1) is 15.2. The quantitative estimate of drug-likeness (QED) is 0.661. The highest BCUT2D eigenvalue weighted by molar-refractivity contribution is 5.94. The van der Waals surface area contributed by atoms with E-state index in [1.807, 2.05) is 24.0 Å². The lowest BCUT2D eigenvalue weighted by molar-refractivity contribution is -0.117. The van der Waals surface area contributed by atoms with Crippen molar-refractivity contribution in [1.82, 2.24) is 30.0 Å². The summed E-state index contributed by atoms with van der Waals surface area (Å²) in [6.45, 7) is 4.08. The first-order valence-electron chi connectivity index (χ1n) is 11.2. The second-order valence-electron chi connectivity index (χ2n) is 8.57. The van der Waals surface area contributed by atoms with Gasteiger partial charge in [-0.25, -0.2) is 9.97 Å². The van der Waals surface area contributed by atoms with Crippen LogP contribution in [0.5, 0.6) is 0 Å². The number of amides is 1. The van der Waals surface area contributed by atoms with Crippen LogP contribution in [0.25, 0.3) is 22.0 Å². The van der Waals surface area contributed by atoms with Crippen molar-refractivity contribution in [2.45, 2.75) is 44.7 Å². The Bertz CT molecular complexity index is 1080. The molecule has 1 aromatic carbocycles. The molecule has 2 aliphatic rings. The van der Waals surface area contributed by atoms with E-state index in [0.717, 1.165) is 61.1 Å². The predicted molar refractivity (Wildman–Crippen MR) is 121 cm³/mol. The molecule has 2 fully saturated rings. The van der Waals surface area contributed by atoms with Gasteiger partial charge in [0.25, 0.3) is 0 Å². The minimum absolute atomic E-state index is 0.0657. The summed E-state index contributed by atoms with van der Waals surface area (Å²) < 4.78 is 1.98. The largest absolute Gasteiger partial charge is 0.306 e. The molecule has 8 heteroatoms. The normalized spacial score (nSPS) is 19.7. The molecular formula is C23H29N7O. The summed E-state index contributed by atoms with van der Waals surface area (Å²) in [5, 5.41) is 11.5. The standard InChI is InChI=1S/C23H29N7O/c1-29-21(15-30-10-3-2-4-11-30)18(14-26-29)16-7-8-17-13-25-23(27-20(17)12-16)28-22(31)19-6-5-9-24-19/h7-8,12-14,19,24H,2-6,9-11,15H2,1H3,(H,25,27,28,31)/t19-/m1/s1. The molecule has 4 heterocycles. The fourth-order valence-corrected chi connectivity index (χ4v) is 4.58. The zero-order valence-corrected chi connectivity index (χ0v) is 18.0. The molecule has 0 saturated carbocycles. The molecule has 1 atom stereocenters. The van der Waals surface area contributed by atoms with Crippen LogP contribution in [0.2, 0.25) is 0 Å². The van der Waals surface area contributed by atoms with Gasteiger partial charge in [-0.2, -0.15) is 5.10 Å². The second-order valence-corrected chi connectivity index (χ2v) is 8.57. The van der Waals surface area contributed by atoms with Crippen molar-refractivity contribution in [3.05, 3.63) is 36.3 Å². The van der Waals surface area contributed by atoms with Gasteiger partial charge in [0.2, 0.25) is 11.9 Å². The van der Waals surface area contributed by atoms with E-state index in [4.69, 9.17) is 0 Å². The summed E-state index contributed by atoms with van der Waals surface area (Å²) >= 11 is 0. The maximum Gasteiger partial charge on any atom is 0.243 e. The Labute approximate surface area is 182 Å². The average Bonchev–Trinajstić information content (AvgIpc) is 3.45. The zero-order chi connectivity index (χ0) is 21.2. The Hall–Kier alpha value is -2.84. The monoisotopic (exact) mass is 419 g/mol. The second kappa shape index (κ2) is 8.72. The maximum absolute atomic E-state index is 12.4. The van der Waals surface area contributed by atoms with Crippen LogP contribution in [0.3, 0.4) is 0 Å². The summed E-state index contributed by atoms with van der Waals surface area (Å²) in [5.74, 6) is 0.284. The summed E-state index contributed by atoms with van der Waals surface area (Å²) in [4.78, 5) is 23.9. The fourth-order valence-electron chi connectivity index (χ4n) is 4.58. The van der Waals surface area contributed by atoms with Gasteiger partial charge in [-0.3, -0.25) is 19.7 Å². The number of rotatable bonds is 5. The third-order valence-corrected chi connectivity index (χ3v) is 6.39. The van der Waals surface area contributed by atoms with Gasteiger partial charge in [0.15, 0.2) is 0 Å². The molecule has 3 aromatic rings. The van der Waals surface area contributed by atoms with Gasteiger partial charge in [-0.1, -0.05) is 18.6 Å². The van der Waals surface area contributed by atoms with Gasteiger partial charge >= 0.3 is 0 Å². The van der Waals surface area contributed by atoms with Gasteiger partial charge in [-0.05, 0) is 56.9 Å². The summed E-state index contributed by atoms with van der Waals surface area (Å²) in [5.41, 5.74) is 4.25. The Morgan fingerprint density at radius 3 is 2.87 bits per heavy atom. The molecule has 0 spiro atoms. The molecule has 31 heavy (non-hydrogen) atoms. The van der Waals surface area contributed by atoms with E-state index in [1.165, 1.54) is 25.0 Å². The fraction of sp³-hybridized carbons (Fsp3) is 0.478. The molecule has 0 radical (unpaired) electrons. The highest BCUT2D eigenvalue weighted by Gasteiger charge is 2.23. The molecule has 8 nitrogen and oxygen atoms in total.